The number of alkyl halides is 1. The Bertz CT molecular complexity index is 271. The highest BCUT2D eigenvalue weighted by atomic mass is 79.9. The first-order valence-corrected chi connectivity index (χ1v) is 7.51. The molecule has 0 radical (unpaired) electrons. The fraction of sp³-hybridized carbons (Fsp3) is 0.900. The number of aliphatic imine (C=N–C) groups is 1. The molecule has 2 bridgehead atoms. The first-order valence-electron chi connectivity index (χ1n) is 5.51. The van der Waals surface area contributed by atoms with Gasteiger partial charge >= 0.3 is 0 Å². The Balaban J connectivity index is 1.72. The van der Waals surface area contributed by atoms with Gasteiger partial charge in [-0.05, 0) is 12.8 Å². The topological polar surface area (TPSA) is 24.8 Å². The first-order chi connectivity index (χ1) is 7.38. The highest BCUT2D eigenvalue weighted by molar-refractivity contribution is 9.09. The fourth-order valence-corrected chi connectivity index (χ4v) is 4.25. The molecule has 3 unspecified atom stereocenters. The Morgan fingerprint density at radius 3 is 2.73 bits per heavy atom. The van der Waals surface area contributed by atoms with Gasteiger partial charge < -0.3 is 9.64 Å². The van der Waals surface area contributed by atoms with Gasteiger partial charge in [0.1, 0.15) is 0 Å². The molecule has 0 aliphatic carbocycles. The lowest BCUT2D eigenvalue weighted by molar-refractivity contribution is 0.0220. The molecule has 2 fully saturated rings. The summed E-state index contributed by atoms with van der Waals surface area (Å²) in [6.07, 6.45) is 2.56. The van der Waals surface area contributed by atoms with Crippen molar-refractivity contribution in [1.29, 1.82) is 0 Å². The van der Waals surface area contributed by atoms with Gasteiger partial charge in [-0.2, -0.15) is 0 Å². The third-order valence-corrected chi connectivity index (χ3v) is 5.75. The molecule has 5 heteroatoms. The summed E-state index contributed by atoms with van der Waals surface area (Å²) in [4.78, 5) is 7.20. The van der Waals surface area contributed by atoms with Gasteiger partial charge in [-0.1, -0.05) is 27.7 Å². The zero-order chi connectivity index (χ0) is 10.3. The normalized spacial score (nSPS) is 39.7. The molecule has 2 saturated heterocycles. The number of rotatable bonds is 1. The van der Waals surface area contributed by atoms with E-state index >= 15 is 0 Å². The van der Waals surface area contributed by atoms with Gasteiger partial charge in [-0.3, -0.25) is 4.99 Å². The predicted octanol–water partition coefficient (Wildman–Crippen LogP) is 1.72. The second-order valence-corrected chi connectivity index (χ2v) is 6.26. The maximum absolute atomic E-state index is 5.58. The van der Waals surface area contributed by atoms with Crippen LogP contribution in [-0.4, -0.2) is 52.5 Å². The second-order valence-electron chi connectivity index (χ2n) is 4.35. The third kappa shape index (κ3) is 1.83. The Labute approximate surface area is 103 Å². The quantitative estimate of drug-likeness (QED) is 0.688. The van der Waals surface area contributed by atoms with Gasteiger partial charge in [0, 0.05) is 10.6 Å². The molecule has 3 nitrogen and oxygen atoms in total. The van der Waals surface area contributed by atoms with Gasteiger partial charge in [0.25, 0.3) is 0 Å². The van der Waals surface area contributed by atoms with Crippen LogP contribution in [0.5, 0.6) is 0 Å². The van der Waals surface area contributed by atoms with Gasteiger partial charge in [0.05, 0.1) is 31.8 Å². The van der Waals surface area contributed by atoms with Crippen molar-refractivity contribution >= 4 is 32.9 Å². The molecule has 84 valence electrons. The van der Waals surface area contributed by atoms with Crippen molar-refractivity contribution in [3.63, 3.8) is 0 Å². The number of ether oxygens (including phenoxy) is 1. The van der Waals surface area contributed by atoms with Crippen molar-refractivity contribution in [2.45, 2.75) is 30.2 Å². The number of hydrogen-bond acceptors (Lipinski definition) is 4. The van der Waals surface area contributed by atoms with E-state index in [-0.39, 0.29) is 0 Å². The number of morpholine rings is 1. The largest absolute Gasteiger partial charge is 0.377 e. The van der Waals surface area contributed by atoms with Gasteiger partial charge in [0.15, 0.2) is 5.17 Å². The molecule has 3 aliphatic rings. The van der Waals surface area contributed by atoms with Crippen LogP contribution in [-0.2, 0) is 4.74 Å². The monoisotopic (exact) mass is 290 g/mol. The van der Waals surface area contributed by atoms with Crippen LogP contribution in [0.15, 0.2) is 4.99 Å². The summed E-state index contributed by atoms with van der Waals surface area (Å²) >= 11 is 5.47. The summed E-state index contributed by atoms with van der Waals surface area (Å²) in [7, 11) is 0. The van der Waals surface area contributed by atoms with E-state index in [1.165, 1.54) is 18.0 Å². The van der Waals surface area contributed by atoms with Crippen molar-refractivity contribution in [2.75, 3.05) is 25.1 Å². The molecule has 3 rings (SSSR count). The van der Waals surface area contributed by atoms with Crippen LogP contribution < -0.4 is 0 Å². The minimum atomic E-state index is 0.601. The maximum Gasteiger partial charge on any atom is 0.160 e. The number of hydrogen-bond donors (Lipinski definition) is 0. The van der Waals surface area contributed by atoms with Gasteiger partial charge in [0.2, 0.25) is 0 Å². The lowest BCUT2D eigenvalue weighted by atomic mass is 10.2. The molecule has 0 aromatic carbocycles. The minimum absolute atomic E-state index is 0.601. The number of thioether (sulfide) groups is 1. The third-order valence-electron chi connectivity index (χ3n) is 3.34. The van der Waals surface area contributed by atoms with Crippen molar-refractivity contribution in [3.05, 3.63) is 0 Å². The minimum Gasteiger partial charge on any atom is -0.377 e. The number of halogens is 1. The summed E-state index contributed by atoms with van der Waals surface area (Å²) in [5.41, 5.74) is 0. The van der Waals surface area contributed by atoms with Crippen molar-refractivity contribution < 1.29 is 4.74 Å². The Hall–Kier alpha value is 0.260. The second kappa shape index (κ2) is 4.26. The molecule has 0 amide bonds. The van der Waals surface area contributed by atoms with Crippen molar-refractivity contribution in [3.8, 4) is 0 Å². The predicted molar refractivity (Wildman–Crippen MR) is 66.9 cm³/mol. The standard InChI is InChI=1S/C10H15BrN2OS/c11-3-9-4-12-10(15-9)13-7-1-2-8(13)6-14-5-7/h7-9H,1-6H2. The molecule has 3 aliphatic heterocycles. The first kappa shape index (κ1) is 10.4. The zero-order valence-electron chi connectivity index (χ0n) is 8.56. The van der Waals surface area contributed by atoms with Crippen LogP contribution in [0.4, 0.5) is 0 Å². The number of nitrogens with zero attached hydrogens (tertiary/aromatic N) is 2. The molecule has 0 N–H and O–H groups in total. The molecular weight excluding hydrogens is 276 g/mol. The fourth-order valence-electron chi connectivity index (χ4n) is 2.57. The average molecular weight is 291 g/mol. The summed E-state index contributed by atoms with van der Waals surface area (Å²) in [6, 6.07) is 1.20. The van der Waals surface area contributed by atoms with Crippen LogP contribution in [0.25, 0.3) is 0 Å². The van der Waals surface area contributed by atoms with Crippen LogP contribution >= 0.6 is 27.7 Å². The van der Waals surface area contributed by atoms with E-state index in [9.17, 15) is 0 Å². The maximum atomic E-state index is 5.58. The lowest BCUT2D eigenvalue weighted by Gasteiger charge is -2.35. The summed E-state index contributed by atoms with van der Waals surface area (Å²) in [6.45, 7) is 2.77. The Morgan fingerprint density at radius 2 is 2.13 bits per heavy atom. The zero-order valence-corrected chi connectivity index (χ0v) is 11.0. The summed E-state index contributed by atoms with van der Waals surface area (Å²) in [5, 5.41) is 2.96. The van der Waals surface area contributed by atoms with Crippen LogP contribution in [0.3, 0.4) is 0 Å². The van der Waals surface area contributed by atoms with Crippen LogP contribution in [0, 0.1) is 0 Å². The molecule has 0 aromatic rings. The molecule has 3 atom stereocenters. The van der Waals surface area contributed by atoms with Crippen LogP contribution in [0.2, 0.25) is 0 Å². The lowest BCUT2D eigenvalue weighted by Crippen LogP contribution is -2.47. The van der Waals surface area contributed by atoms with E-state index < -0.39 is 0 Å². The highest BCUT2D eigenvalue weighted by Crippen LogP contribution is 2.35. The average Bonchev–Trinajstić information content (AvgIpc) is 2.81. The summed E-state index contributed by atoms with van der Waals surface area (Å²) < 4.78 is 5.58. The molecule has 3 heterocycles. The van der Waals surface area contributed by atoms with E-state index in [1.807, 2.05) is 11.8 Å². The Kier molecular flexibility index (Phi) is 2.96. The van der Waals surface area contributed by atoms with E-state index in [1.54, 1.807) is 0 Å². The molecular formula is C10H15BrN2OS. The van der Waals surface area contributed by atoms with Crippen molar-refractivity contribution in [2.24, 2.45) is 4.99 Å². The van der Waals surface area contributed by atoms with E-state index in [4.69, 9.17) is 4.74 Å². The van der Waals surface area contributed by atoms with Crippen molar-refractivity contribution in [1.82, 2.24) is 4.90 Å². The SMILES string of the molecule is BrCC1CN=C(N2C3CCC2COC3)S1. The molecule has 15 heavy (non-hydrogen) atoms. The van der Waals surface area contributed by atoms with Gasteiger partial charge in [-0.25, -0.2) is 0 Å². The molecule has 0 spiro atoms. The summed E-state index contributed by atoms with van der Waals surface area (Å²) in [5.74, 6) is 0. The van der Waals surface area contributed by atoms with E-state index in [2.05, 4.69) is 25.8 Å². The van der Waals surface area contributed by atoms with Crippen LogP contribution in [0.1, 0.15) is 12.8 Å². The highest BCUT2D eigenvalue weighted by Gasteiger charge is 2.40. The number of fused-ring (bicyclic) bond motifs is 2. The smallest absolute Gasteiger partial charge is 0.160 e. The Morgan fingerprint density at radius 1 is 1.40 bits per heavy atom. The number of amidine groups is 1. The molecule has 0 saturated carbocycles. The molecule has 0 aromatic heterocycles. The van der Waals surface area contributed by atoms with E-state index in [0.29, 0.717) is 17.3 Å². The van der Waals surface area contributed by atoms with E-state index in [0.717, 1.165) is 25.1 Å². The van der Waals surface area contributed by atoms with Gasteiger partial charge in [-0.15, -0.1) is 0 Å².